The number of aliphatic carboxylic acids is 2. The molecule has 3 rings (SSSR count). The number of carbonyl (C=O) groups excluding carboxylic acids is 2. The smallest absolute Gasteiger partial charge is 0.360 e. The second-order valence-electron chi connectivity index (χ2n) is 7.26. The van der Waals surface area contributed by atoms with Gasteiger partial charge in [-0.05, 0) is 18.6 Å². The SMILES string of the molecule is Cc1ccccc1OC(C(=O)O)(C(=O)c1ccccc1)C(O)(C(=O)O)C(=O)c1ccccc1. The number of Topliss-reactive ketones (excluding diaryl/α,β-unsaturated/α-hetero) is 2. The fraction of sp³-hybridized carbons (Fsp3) is 0.120. The Morgan fingerprint density at radius 3 is 1.58 bits per heavy atom. The van der Waals surface area contributed by atoms with Gasteiger partial charge in [-0.1, -0.05) is 78.9 Å². The highest BCUT2D eigenvalue weighted by atomic mass is 16.6. The molecule has 2 unspecified atom stereocenters. The van der Waals surface area contributed by atoms with Crippen molar-refractivity contribution in [1.82, 2.24) is 0 Å². The average molecular weight is 448 g/mol. The molecule has 0 aliphatic heterocycles. The summed E-state index contributed by atoms with van der Waals surface area (Å²) < 4.78 is 5.58. The van der Waals surface area contributed by atoms with Gasteiger partial charge in [0.05, 0.1) is 0 Å². The molecule has 0 amide bonds. The van der Waals surface area contributed by atoms with Gasteiger partial charge in [0.25, 0.3) is 5.60 Å². The number of carboxylic acid groups (broad SMARTS) is 2. The second kappa shape index (κ2) is 9.05. The zero-order valence-corrected chi connectivity index (χ0v) is 17.5. The van der Waals surface area contributed by atoms with E-state index in [1.807, 2.05) is 0 Å². The van der Waals surface area contributed by atoms with Crippen LogP contribution in [0.3, 0.4) is 0 Å². The summed E-state index contributed by atoms with van der Waals surface area (Å²) in [5.41, 5.74) is -7.62. The Hall–Kier alpha value is -4.30. The van der Waals surface area contributed by atoms with Crippen LogP contribution < -0.4 is 4.74 Å². The number of ether oxygens (including phenoxy) is 1. The Balaban J connectivity index is 2.37. The number of hydrogen-bond donors (Lipinski definition) is 3. The third-order valence-electron chi connectivity index (χ3n) is 5.20. The van der Waals surface area contributed by atoms with Crippen LogP contribution in [0.25, 0.3) is 0 Å². The summed E-state index contributed by atoms with van der Waals surface area (Å²) in [6.45, 7) is 1.54. The summed E-state index contributed by atoms with van der Waals surface area (Å²) in [4.78, 5) is 52.1. The predicted octanol–water partition coefficient (Wildman–Crippen LogP) is 2.78. The van der Waals surface area contributed by atoms with Gasteiger partial charge in [-0.15, -0.1) is 0 Å². The molecule has 3 aromatic carbocycles. The molecule has 3 aromatic rings. The molecular weight excluding hydrogens is 428 g/mol. The highest BCUT2D eigenvalue weighted by Gasteiger charge is 2.73. The fourth-order valence-corrected chi connectivity index (χ4v) is 3.41. The van der Waals surface area contributed by atoms with E-state index in [1.54, 1.807) is 18.2 Å². The first-order valence-electron chi connectivity index (χ1n) is 9.79. The predicted molar refractivity (Wildman–Crippen MR) is 116 cm³/mol. The van der Waals surface area contributed by atoms with Gasteiger partial charge in [-0.25, -0.2) is 9.59 Å². The van der Waals surface area contributed by atoms with Crippen molar-refractivity contribution in [2.24, 2.45) is 0 Å². The van der Waals surface area contributed by atoms with E-state index in [2.05, 4.69) is 0 Å². The van der Waals surface area contributed by atoms with Crippen LogP contribution in [0.1, 0.15) is 26.3 Å². The molecule has 3 N–H and O–H groups in total. The standard InChI is InChI=1S/C25H20O8/c1-16-10-8-9-15-19(16)33-25(23(30)31,21(27)18-13-6-3-7-14-18)24(32,22(28)29)20(26)17-11-4-2-5-12-17/h2-15,32H,1H3,(H,28,29)(H,30,31). The lowest BCUT2D eigenvalue weighted by atomic mass is 9.72. The molecule has 0 bridgehead atoms. The van der Waals surface area contributed by atoms with Crippen LogP contribution in [-0.2, 0) is 9.59 Å². The van der Waals surface area contributed by atoms with E-state index in [1.165, 1.54) is 73.7 Å². The molecule has 0 saturated heterocycles. The zero-order valence-electron chi connectivity index (χ0n) is 17.5. The largest absolute Gasteiger partial charge is 0.479 e. The van der Waals surface area contributed by atoms with E-state index in [9.17, 15) is 34.5 Å². The summed E-state index contributed by atoms with van der Waals surface area (Å²) in [5, 5.41) is 31.7. The van der Waals surface area contributed by atoms with Crippen molar-refractivity contribution in [3.8, 4) is 5.75 Å². The summed E-state index contributed by atoms with van der Waals surface area (Å²) in [5.74, 6) is -7.51. The first kappa shape index (κ1) is 23.4. The Morgan fingerprint density at radius 1 is 0.667 bits per heavy atom. The molecule has 0 saturated carbocycles. The van der Waals surface area contributed by atoms with Crippen molar-refractivity contribution in [2.75, 3.05) is 0 Å². The van der Waals surface area contributed by atoms with Crippen LogP contribution in [0.4, 0.5) is 0 Å². The lowest BCUT2D eigenvalue weighted by molar-refractivity contribution is -0.183. The van der Waals surface area contributed by atoms with Gasteiger partial charge in [0, 0.05) is 11.1 Å². The molecular formula is C25H20O8. The minimum Gasteiger partial charge on any atom is -0.479 e. The number of rotatable bonds is 9. The van der Waals surface area contributed by atoms with E-state index in [-0.39, 0.29) is 16.9 Å². The number of benzene rings is 3. The van der Waals surface area contributed by atoms with Gasteiger partial charge in [-0.2, -0.15) is 0 Å². The molecule has 168 valence electrons. The molecule has 0 radical (unpaired) electrons. The van der Waals surface area contributed by atoms with Crippen molar-refractivity contribution in [3.05, 3.63) is 102 Å². The highest BCUT2D eigenvalue weighted by Crippen LogP contribution is 2.37. The van der Waals surface area contributed by atoms with E-state index in [0.29, 0.717) is 5.56 Å². The molecule has 8 nitrogen and oxygen atoms in total. The first-order chi connectivity index (χ1) is 15.7. The maximum absolute atomic E-state index is 13.6. The van der Waals surface area contributed by atoms with Crippen molar-refractivity contribution in [3.63, 3.8) is 0 Å². The minimum atomic E-state index is -3.82. The van der Waals surface area contributed by atoms with E-state index < -0.39 is 34.7 Å². The zero-order chi connectivity index (χ0) is 24.2. The minimum absolute atomic E-state index is 0.190. The summed E-state index contributed by atoms with van der Waals surface area (Å²) >= 11 is 0. The van der Waals surface area contributed by atoms with Gasteiger partial charge in [-0.3, -0.25) is 9.59 Å². The second-order valence-corrected chi connectivity index (χ2v) is 7.26. The van der Waals surface area contributed by atoms with Crippen molar-refractivity contribution >= 4 is 23.5 Å². The molecule has 0 aliphatic carbocycles. The monoisotopic (exact) mass is 448 g/mol. The third kappa shape index (κ3) is 3.88. The van der Waals surface area contributed by atoms with E-state index >= 15 is 0 Å². The third-order valence-corrected chi connectivity index (χ3v) is 5.20. The summed E-state index contributed by atoms with van der Waals surface area (Å²) in [7, 11) is 0. The van der Waals surface area contributed by atoms with Gasteiger partial charge >= 0.3 is 17.5 Å². The first-order valence-corrected chi connectivity index (χ1v) is 9.79. The molecule has 2 atom stereocenters. The summed E-state index contributed by atoms with van der Waals surface area (Å²) in [6.07, 6.45) is 0. The van der Waals surface area contributed by atoms with Gasteiger partial charge in [0.2, 0.25) is 11.6 Å². The van der Waals surface area contributed by atoms with Crippen LogP contribution in [0.2, 0.25) is 0 Å². The number of aliphatic hydroxyl groups is 1. The molecule has 0 aromatic heterocycles. The Bertz CT molecular complexity index is 1210. The maximum Gasteiger partial charge on any atom is 0.360 e. The van der Waals surface area contributed by atoms with Crippen molar-refractivity contribution in [2.45, 2.75) is 18.1 Å². The quantitative estimate of drug-likeness (QED) is 0.336. The van der Waals surface area contributed by atoms with Crippen molar-refractivity contribution in [1.29, 1.82) is 0 Å². The number of para-hydroxylation sites is 1. The topological polar surface area (TPSA) is 138 Å². The molecule has 0 heterocycles. The lowest BCUT2D eigenvalue weighted by Gasteiger charge is -2.39. The average Bonchev–Trinajstić information content (AvgIpc) is 2.83. The van der Waals surface area contributed by atoms with Gasteiger partial charge in [0.15, 0.2) is 0 Å². The Labute approximate surface area is 188 Å². The van der Waals surface area contributed by atoms with Crippen LogP contribution in [0.15, 0.2) is 84.9 Å². The number of hydrogen-bond acceptors (Lipinski definition) is 6. The number of carboxylic acids is 2. The van der Waals surface area contributed by atoms with E-state index in [4.69, 9.17) is 4.74 Å². The van der Waals surface area contributed by atoms with E-state index in [0.717, 1.165) is 0 Å². The van der Waals surface area contributed by atoms with Crippen LogP contribution in [0.5, 0.6) is 5.75 Å². The molecule has 0 fully saturated rings. The number of aryl methyl sites for hydroxylation is 1. The maximum atomic E-state index is 13.6. The number of carbonyl (C=O) groups is 4. The van der Waals surface area contributed by atoms with Gasteiger partial charge < -0.3 is 20.1 Å². The van der Waals surface area contributed by atoms with Crippen LogP contribution in [-0.4, -0.2) is 50.0 Å². The fourth-order valence-electron chi connectivity index (χ4n) is 3.41. The van der Waals surface area contributed by atoms with Crippen molar-refractivity contribution < 1.29 is 39.2 Å². The normalized spacial score (nSPS) is 14.4. The molecule has 0 aliphatic rings. The Kier molecular flexibility index (Phi) is 6.41. The van der Waals surface area contributed by atoms with Crippen LogP contribution in [0, 0.1) is 6.92 Å². The molecule has 8 heteroatoms. The molecule has 0 spiro atoms. The lowest BCUT2D eigenvalue weighted by Crippen LogP contribution is -2.74. The summed E-state index contributed by atoms with van der Waals surface area (Å²) in [6, 6.07) is 19.5. The van der Waals surface area contributed by atoms with Crippen LogP contribution >= 0.6 is 0 Å². The van der Waals surface area contributed by atoms with Gasteiger partial charge in [0.1, 0.15) is 5.75 Å². The number of ketones is 2. The molecule has 33 heavy (non-hydrogen) atoms. The highest BCUT2D eigenvalue weighted by molar-refractivity contribution is 6.28. The Morgan fingerprint density at radius 2 is 1.12 bits per heavy atom.